The number of anilines is 1. The van der Waals surface area contributed by atoms with Crippen LogP contribution in [0.4, 0.5) is 5.69 Å². The third-order valence-electron chi connectivity index (χ3n) is 5.19. The van der Waals surface area contributed by atoms with Crippen molar-refractivity contribution in [2.75, 3.05) is 24.7 Å². The Bertz CT molecular complexity index is 959. The van der Waals surface area contributed by atoms with Crippen molar-refractivity contribution >= 4 is 17.5 Å². The van der Waals surface area contributed by atoms with Crippen molar-refractivity contribution in [2.45, 2.75) is 39.3 Å². The Kier molecular flexibility index (Phi) is 5.79. The molecule has 2 amide bonds. The summed E-state index contributed by atoms with van der Waals surface area (Å²) >= 11 is 0. The average Bonchev–Trinajstić information content (AvgIpc) is 3.01. The summed E-state index contributed by atoms with van der Waals surface area (Å²) < 4.78 is 17.2. The molecular weight excluding hydrogens is 384 g/mol. The quantitative estimate of drug-likeness (QED) is 0.793. The van der Waals surface area contributed by atoms with Crippen LogP contribution in [0, 0.1) is 0 Å². The van der Waals surface area contributed by atoms with E-state index in [0.717, 1.165) is 29.0 Å². The van der Waals surface area contributed by atoms with Gasteiger partial charge >= 0.3 is 0 Å². The zero-order valence-electron chi connectivity index (χ0n) is 17.3. The molecule has 2 aliphatic rings. The lowest BCUT2D eigenvalue weighted by Crippen LogP contribution is -2.40. The summed E-state index contributed by atoms with van der Waals surface area (Å²) in [5, 5.41) is 2.91. The smallest absolute Gasteiger partial charge is 0.240 e. The molecule has 4 rings (SSSR count). The molecule has 7 heteroatoms. The van der Waals surface area contributed by atoms with E-state index in [0.29, 0.717) is 31.2 Å². The molecule has 0 aliphatic carbocycles. The van der Waals surface area contributed by atoms with E-state index >= 15 is 0 Å². The fourth-order valence-corrected chi connectivity index (χ4v) is 3.80. The summed E-state index contributed by atoms with van der Waals surface area (Å²) in [6.07, 6.45) is 1.22. The Morgan fingerprint density at radius 2 is 2.10 bits per heavy atom. The van der Waals surface area contributed by atoms with E-state index < -0.39 is 0 Å². The largest absolute Gasteiger partial charge is 0.494 e. The van der Waals surface area contributed by atoms with Gasteiger partial charge in [-0.25, -0.2) is 0 Å². The number of ether oxygens (including phenoxy) is 3. The van der Waals surface area contributed by atoms with Crippen LogP contribution < -0.4 is 24.4 Å². The maximum absolute atomic E-state index is 12.7. The number of hydrogen-bond acceptors (Lipinski definition) is 5. The average molecular weight is 410 g/mol. The van der Waals surface area contributed by atoms with Crippen molar-refractivity contribution in [1.29, 1.82) is 0 Å². The van der Waals surface area contributed by atoms with Gasteiger partial charge in [-0.05, 0) is 38.1 Å². The standard InChI is InChI=1S/C23H26N2O5/c1-3-28-20-11-16-10-15(2)30-21(16)12-17(20)13-24-22(26)14-25-18-6-4-5-7-19(18)29-9-8-23(25)27/h4-7,11-12,15H,3,8-10,13-14H2,1-2H3,(H,24,26)/t15-/m1/s1. The van der Waals surface area contributed by atoms with Crippen LogP contribution in [0.3, 0.4) is 0 Å². The number of benzene rings is 2. The van der Waals surface area contributed by atoms with Gasteiger partial charge in [0.05, 0.1) is 25.3 Å². The van der Waals surface area contributed by atoms with Gasteiger partial charge in [0.25, 0.3) is 0 Å². The van der Waals surface area contributed by atoms with Crippen LogP contribution in [0.1, 0.15) is 31.4 Å². The van der Waals surface area contributed by atoms with E-state index in [1.807, 2.05) is 38.1 Å². The van der Waals surface area contributed by atoms with Crippen molar-refractivity contribution in [1.82, 2.24) is 5.32 Å². The van der Waals surface area contributed by atoms with Gasteiger partial charge in [0, 0.05) is 24.1 Å². The van der Waals surface area contributed by atoms with Gasteiger partial charge in [0.15, 0.2) is 0 Å². The molecular formula is C23H26N2O5. The summed E-state index contributed by atoms with van der Waals surface area (Å²) in [6.45, 7) is 5.02. The van der Waals surface area contributed by atoms with Crippen LogP contribution in [-0.4, -0.2) is 37.7 Å². The first-order chi connectivity index (χ1) is 14.5. The second-order valence-electron chi connectivity index (χ2n) is 7.46. The Balaban J connectivity index is 1.46. The second kappa shape index (κ2) is 8.65. The van der Waals surface area contributed by atoms with Crippen molar-refractivity contribution < 1.29 is 23.8 Å². The molecule has 1 N–H and O–H groups in total. The third-order valence-corrected chi connectivity index (χ3v) is 5.19. The molecule has 0 saturated heterocycles. The number of nitrogens with one attached hydrogen (secondary N) is 1. The molecule has 0 saturated carbocycles. The van der Waals surface area contributed by atoms with E-state index in [1.54, 1.807) is 12.1 Å². The molecule has 1 atom stereocenters. The number of fused-ring (bicyclic) bond motifs is 2. The minimum absolute atomic E-state index is 0.0678. The third kappa shape index (κ3) is 4.20. The van der Waals surface area contributed by atoms with Gasteiger partial charge in [-0.3, -0.25) is 14.5 Å². The maximum Gasteiger partial charge on any atom is 0.240 e. The normalized spacial score (nSPS) is 17.3. The Morgan fingerprint density at radius 3 is 2.93 bits per heavy atom. The van der Waals surface area contributed by atoms with Gasteiger partial charge in [0.2, 0.25) is 11.8 Å². The summed E-state index contributed by atoms with van der Waals surface area (Å²) in [5.41, 5.74) is 2.59. The fourth-order valence-electron chi connectivity index (χ4n) is 3.80. The summed E-state index contributed by atoms with van der Waals surface area (Å²) in [5.74, 6) is 1.81. The first-order valence-electron chi connectivity index (χ1n) is 10.3. The van der Waals surface area contributed by atoms with Crippen molar-refractivity contribution in [3.05, 3.63) is 47.5 Å². The van der Waals surface area contributed by atoms with E-state index in [4.69, 9.17) is 14.2 Å². The minimum atomic E-state index is -0.253. The fraction of sp³-hybridized carbons (Fsp3) is 0.391. The molecule has 2 heterocycles. The molecule has 0 aromatic heterocycles. The molecule has 7 nitrogen and oxygen atoms in total. The van der Waals surface area contributed by atoms with Crippen LogP contribution in [0.2, 0.25) is 0 Å². The predicted molar refractivity (Wildman–Crippen MR) is 112 cm³/mol. The molecule has 2 aliphatic heterocycles. The molecule has 0 bridgehead atoms. The monoisotopic (exact) mass is 410 g/mol. The summed E-state index contributed by atoms with van der Waals surface area (Å²) in [4.78, 5) is 26.7. The van der Waals surface area contributed by atoms with E-state index in [2.05, 4.69) is 5.32 Å². The molecule has 0 fully saturated rings. The summed E-state index contributed by atoms with van der Waals surface area (Å²) in [7, 11) is 0. The first-order valence-corrected chi connectivity index (χ1v) is 10.3. The van der Waals surface area contributed by atoms with Gasteiger partial charge in [-0.2, -0.15) is 0 Å². The molecule has 2 aromatic carbocycles. The molecule has 0 radical (unpaired) electrons. The molecule has 0 unspecified atom stereocenters. The maximum atomic E-state index is 12.7. The number of rotatable bonds is 6. The number of nitrogens with zero attached hydrogens (tertiary/aromatic N) is 1. The SMILES string of the molecule is CCOc1cc2c(cc1CNC(=O)CN1C(=O)CCOc3ccccc31)O[C@H](C)C2. The van der Waals surface area contributed by atoms with Crippen molar-refractivity contribution in [3.63, 3.8) is 0 Å². The van der Waals surface area contributed by atoms with E-state index in [1.165, 1.54) is 4.90 Å². The van der Waals surface area contributed by atoms with Crippen LogP contribution in [0.15, 0.2) is 36.4 Å². The van der Waals surface area contributed by atoms with Crippen LogP contribution >= 0.6 is 0 Å². The lowest BCUT2D eigenvalue weighted by Gasteiger charge is -2.21. The van der Waals surface area contributed by atoms with Crippen LogP contribution in [-0.2, 0) is 22.6 Å². The van der Waals surface area contributed by atoms with Gasteiger partial charge in [-0.15, -0.1) is 0 Å². The topological polar surface area (TPSA) is 77.1 Å². The Hall–Kier alpha value is -3.22. The highest BCUT2D eigenvalue weighted by Crippen LogP contribution is 2.35. The number of carbonyl (C=O) groups excluding carboxylic acids is 2. The number of hydrogen-bond donors (Lipinski definition) is 1. The van der Waals surface area contributed by atoms with Gasteiger partial charge in [-0.1, -0.05) is 12.1 Å². The lowest BCUT2D eigenvalue weighted by molar-refractivity contribution is -0.124. The van der Waals surface area contributed by atoms with Crippen LogP contribution in [0.5, 0.6) is 17.2 Å². The number of para-hydroxylation sites is 2. The molecule has 2 aromatic rings. The van der Waals surface area contributed by atoms with E-state index in [9.17, 15) is 9.59 Å². The lowest BCUT2D eigenvalue weighted by atomic mass is 10.1. The van der Waals surface area contributed by atoms with Crippen molar-refractivity contribution in [2.24, 2.45) is 0 Å². The van der Waals surface area contributed by atoms with Crippen LogP contribution in [0.25, 0.3) is 0 Å². The summed E-state index contributed by atoms with van der Waals surface area (Å²) in [6, 6.07) is 11.2. The van der Waals surface area contributed by atoms with E-state index in [-0.39, 0.29) is 30.9 Å². The highest BCUT2D eigenvalue weighted by molar-refractivity contribution is 6.00. The first kappa shape index (κ1) is 20.1. The van der Waals surface area contributed by atoms with Gasteiger partial charge in [0.1, 0.15) is 29.9 Å². The minimum Gasteiger partial charge on any atom is -0.494 e. The zero-order valence-corrected chi connectivity index (χ0v) is 17.3. The molecule has 0 spiro atoms. The van der Waals surface area contributed by atoms with Crippen molar-refractivity contribution in [3.8, 4) is 17.2 Å². The molecule has 30 heavy (non-hydrogen) atoms. The number of amides is 2. The Morgan fingerprint density at radius 1 is 1.27 bits per heavy atom. The van der Waals surface area contributed by atoms with Gasteiger partial charge < -0.3 is 19.5 Å². The second-order valence-corrected chi connectivity index (χ2v) is 7.46. The molecule has 158 valence electrons. The predicted octanol–water partition coefficient (Wildman–Crippen LogP) is 2.84. The highest BCUT2D eigenvalue weighted by atomic mass is 16.5. The highest BCUT2D eigenvalue weighted by Gasteiger charge is 2.26. The number of carbonyl (C=O) groups is 2. The zero-order chi connectivity index (χ0) is 21.1. The Labute approximate surface area is 175 Å².